The highest BCUT2D eigenvalue weighted by atomic mass is 16.5. The number of hydrogen-bond donors (Lipinski definition) is 1. The topological polar surface area (TPSA) is 64.6 Å². The zero-order chi connectivity index (χ0) is 12.8. The molecule has 1 atom stereocenters. The summed E-state index contributed by atoms with van der Waals surface area (Å²) in [5.74, 6) is -0.0910. The Hall–Kier alpha value is -2.04. The van der Waals surface area contributed by atoms with E-state index in [-0.39, 0.29) is 5.91 Å². The van der Waals surface area contributed by atoms with Crippen LogP contribution in [0.3, 0.4) is 0 Å². The largest absolute Gasteiger partial charge is 0.481 e. The van der Waals surface area contributed by atoms with Crippen molar-refractivity contribution in [2.45, 2.75) is 13.0 Å². The lowest BCUT2D eigenvalue weighted by atomic mass is 10.2. The molecule has 17 heavy (non-hydrogen) atoms. The normalized spacial score (nSPS) is 11.5. The van der Waals surface area contributed by atoms with E-state index in [0.29, 0.717) is 11.3 Å². The summed E-state index contributed by atoms with van der Waals surface area (Å²) in [5, 5.41) is 2.49. The smallest absolute Gasteiger partial charge is 0.337 e. The molecule has 0 saturated carbocycles. The number of likely N-dealkylation sites (N-methyl/N-ethyl adjacent to an activating group) is 1. The van der Waals surface area contributed by atoms with Crippen molar-refractivity contribution in [1.29, 1.82) is 0 Å². The minimum absolute atomic E-state index is 0.206. The van der Waals surface area contributed by atoms with Crippen molar-refractivity contribution < 1.29 is 19.1 Å². The van der Waals surface area contributed by atoms with Gasteiger partial charge in [-0.2, -0.15) is 0 Å². The molecule has 92 valence electrons. The Morgan fingerprint density at radius 2 is 1.82 bits per heavy atom. The number of amides is 1. The quantitative estimate of drug-likeness (QED) is 0.793. The molecule has 0 aliphatic heterocycles. The lowest BCUT2D eigenvalue weighted by molar-refractivity contribution is -0.126. The molecule has 1 unspecified atom stereocenters. The van der Waals surface area contributed by atoms with Crippen LogP contribution < -0.4 is 10.1 Å². The van der Waals surface area contributed by atoms with Crippen molar-refractivity contribution in [2.24, 2.45) is 0 Å². The van der Waals surface area contributed by atoms with Crippen LogP contribution in [0, 0.1) is 0 Å². The number of carbonyl (C=O) groups excluding carboxylic acids is 2. The second-order valence-corrected chi connectivity index (χ2v) is 3.39. The minimum atomic E-state index is -0.580. The molecule has 1 amide bonds. The molecule has 0 heterocycles. The summed E-state index contributed by atoms with van der Waals surface area (Å²) in [6.07, 6.45) is -0.580. The number of benzene rings is 1. The van der Waals surface area contributed by atoms with Gasteiger partial charge in [0, 0.05) is 7.05 Å². The molecule has 1 rings (SSSR count). The summed E-state index contributed by atoms with van der Waals surface area (Å²) in [7, 11) is 2.86. The van der Waals surface area contributed by atoms with Gasteiger partial charge in [-0.3, -0.25) is 4.79 Å². The molecule has 5 heteroatoms. The monoisotopic (exact) mass is 237 g/mol. The SMILES string of the molecule is CNC(=O)C(C)Oc1ccc(C(=O)OC)cc1. The van der Waals surface area contributed by atoms with E-state index < -0.39 is 12.1 Å². The number of esters is 1. The Labute approximate surface area is 99.7 Å². The molecule has 1 aromatic rings. The van der Waals surface area contributed by atoms with Gasteiger partial charge in [0.1, 0.15) is 5.75 Å². The van der Waals surface area contributed by atoms with Crippen LogP contribution in [0.1, 0.15) is 17.3 Å². The van der Waals surface area contributed by atoms with Crippen molar-refractivity contribution in [1.82, 2.24) is 5.32 Å². The Kier molecular flexibility index (Phi) is 4.51. The van der Waals surface area contributed by atoms with Gasteiger partial charge in [-0.25, -0.2) is 4.79 Å². The number of rotatable bonds is 4. The van der Waals surface area contributed by atoms with Gasteiger partial charge in [0.15, 0.2) is 6.10 Å². The first kappa shape index (κ1) is 13.0. The Morgan fingerprint density at radius 1 is 1.24 bits per heavy atom. The minimum Gasteiger partial charge on any atom is -0.481 e. The van der Waals surface area contributed by atoms with Crippen LogP contribution in [-0.2, 0) is 9.53 Å². The molecular weight excluding hydrogens is 222 g/mol. The summed E-state index contributed by atoms with van der Waals surface area (Å²) < 4.78 is 9.94. The number of ether oxygens (including phenoxy) is 2. The molecule has 0 fully saturated rings. The van der Waals surface area contributed by atoms with Gasteiger partial charge in [-0.1, -0.05) is 0 Å². The number of carbonyl (C=O) groups is 2. The highest BCUT2D eigenvalue weighted by Crippen LogP contribution is 2.14. The van der Waals surface area contributed by atoms with Gasteiger partial charge in [0.2, 0.25) is 0 Å². The summed E-state index contributed by atoms with van der Waals surface area (Å²) >= 11 is 0. The first-order valence-electron chi connectivity index (χ1n) is 5.15. The third kappa shape index (κ3) is 3.48. The van der Waals surface area contributed by atoms with Gasteiger partial charge in [-0.05, 0) is 31.2 Å². The second kappa shape index (κ2) is 5.89. The fourth-order valence-corrected chi connectivity index (χ4v) is 1.25. The first-order valence-corrected chi connectivity index (χ1v) is 5.15. The molecule has 0 aliphatic rings. The number of hydrogen-bond acceptors (Lipinski definition) is 4. The standard InChI is InChI=1S/C12H15NO4/c1-8(11(14)13-2)17-10-6-4-9(5-7-10)12(15)16-3/h4-8H,1-3H3,(H,13,14). The number of nitrogens with one attached hydrogen (secondary N) is 1. The van der Waals surface area contributed by atoms with Crippen LogP contribution in [0.5, 0.6) is 5.75 Å². The summed E-state index contributed by atoms with van der Waals surface area (Å²) in [6, 6.07) is 6.40. The van der Waals surface area contributed by atoms with Gasteiger partial charge in [0.05, 0.1) is 12.7 Å². The molecule has 0 radical (unpaired) electrons. The average Bonchev–Trinajstić information content (AvgIpc) is 2.37. The molecule has 0 aliphatic carbocycles. The summed E-state index contributed by atoms with van der Waals surface area (Å²) in [4.78, 5) is 22.4. The van der Waals surface area contributed by atoms with Gasteiger partial charge in [0.25, 0.3) is 5.91 Å². The van der Waals surface area contributed by atoms with Crippen molar-refractivity contribution in [3.63, 3.8) is 0 Å². The summed E-state index contributed by atoms with van der Waals surface area (Å²) in [5.41, 5.74) is 0.437. The third-order valence-corrected chi connectivity index (χ3v) is 2.20. The maximum Gasteiger partial charge on any atom is 0.337 e. The second-order valence-electron chi connectivity index (χ2n) is 3.39. The predicted molar refractivity (Wildman–Crippen MR) is 61.9 cm³/mol. The molecular formula is C12H15NO4. The Bertz CT molecular complexity index is 399. The highest BCUT2D eigenvalue weighted by Gasteiger charge is 2.12. The Balaban J connectivity index is 2.68. The maximum atomic E-state index is 11.2. The first-order chi connectivity index (χ1) is 8.08. The van der Waals surface area contributed by atoms with E-state index in [2.05, 4.69) is 10.1 Å². The highest BCUT2D eigenvalue weighted by molar-refractivity contribution is 5.89. The van der Waals surface area contributed by atoms with Crippen LogP contribution in [0.15, 0.2) is 24.3 Å². The Morgan fingerprint density at radius 3 is 2.29 bits per heavy atom. The van der Waals surface area contributed by atoms with Crippen LogP contribution in [0.25, 0.3) is 0 Å². The van der Waals surface area contributed by atoms with Crippen LogP contribution in [0.2, 0.25) is 0 Å². The molecule has 1 aromatic carbocycles. The lowest BCUT2D eigenvalue weighted by Gasteiger charge is -2.13. The van der Waals surface area contributed by atoms with Gasteiger partial charge < -0.3 is 14.8 Å². The summed E-state index contributed by atoms with van der Waals surface area (Å²) in [6.45, 7) is 1.65. The van der Waals surface area contributed by atoms with Crippen LogP contribution >= 0.6 is 0 Å². The molecule has 0 saturated heterocycles. The van der Waals surface area contributed by atoms with E-state index in [0.717, 1.165) is 0 Å². The van der Waals surface area contributed by atoms with Crippen LogP contribution in [-0.4, -0.2) is 32.1 Å². The van der Waals surface area contributed by atoms with E-state index in [1.807, 2.05) is 0 Å². The van der Waals surface area contributed by atoms with Crippen molar-refractivity contribution in [2.75, 3.05) is 14.2 Å². The zero-order valence-corrected chi connectivity index (χ0v) is 10.0. The predicted octanol–water partition coefficient (Wildman–Crippen LogP) is 0.986. The van der Waals surface area contributed by atoms with Crippen LogP contribution in [0.4, 0.5) is 0 Å². The van der Waals surface area contributed by atoms with Gasteiger partial charge in [-0.15, -0.1) is 0 Å². The third-order valence-electron chi connectivity index (χ3n) is 2.20. The molecule has 0 bridgehead atoms. The van der Waals surface area contributed by atoms with E-state index in [1.165, 1.54) is 7.11 Å². The van der Waals surface area contributed by atoms with E-state index in [4.69, 9.17) is 4.74 Å². The lowest BCUT2D eigenvalue weighted by Crippen LogP contribution is -2.33. The van der Waals surface area contributed by atoms with E-state index in [9.17, 15) is 9.59 Å². The number of methoxy groups -OCH3 is 1. The fourth-order valence-electron chi connectivity index (χ4n) is 1.25. The fraction of sp³-hybridized carbons (Fsp3) is 0.333. The van der Waals surface area contributed by atoms with Crippen molar-refractivity contribution in [3.8, 4) is 5.75 Å². The molecule has 0 spiro atoms. The average molecular weight is 237 g/mol. The van der Waals surface area contributed by atoms with E-state index in [1.54, 1.807) is 38.2 Å². The molecule has 1 N–H and O–H groups in total. The van der Waals surface area contributed by atoms with Crippen molar-refractivity contribution in [3.05, 3.63) is 29.8 Å². The molecule has 0 aromatic heterocycles. The van der Waals surface area contributed by atoms with E-state index >= 15 is 0 Å². The molecule has 5 nitrogen and oxygen atoms in total. The van der Waals surface area contributed by atoms with Crippen molar-refractivity contribution >= 4 is 11.9 Å². The maximum absolute atomic E-state index is 11.2. The van der Waals surface area contributed by atoms with Gasteiger partial charge >= 0.3 is 5.97 Å². The zero-order valence-electron chi connectivity index (χ0n) is 10.0.